The summed E-state index contributed by atoms with van der Waals surface area (Å²) < 4.78 is 4.76. The lowest BCUT2D eigenvalue weighted by Gasteiger charge is -2.34. The summed E-state index contributed by atoms with van der Waals surface area (Å²) in [5.41, 5.74) is 3.54. The number of hydrogen-bond donors (Lipinski definition) is 0. The average Bonchev–Trinajstić information content (AvgIpc) is 2.76. The molecular formula is C22H33N3O2. The van der Waals surface area contributed by atoms with Crippen molar-refractivity contribution in [1.82, 2.24) is 9.88 Å². The molecule has 27 heavy (non-hydrogen) atoms. The van der Waals surface area contributed by atoms with Gasteiger partial charge in [-0.1, -0.05) is 57.5 Å². The van der Waals surface area contributed by atoms with Crippen molar-refractivity contribution >= 4 is 11.9 Å². The molecule has 2 aromatic rings. The van der Waals surface area contributed by atoms with Crippen molar-refractivity contribution < 1.29 is 9.53 Å². The molecule has 1 aliphatic rings. The van der Waals surface area contributed by atoms with Gasteiger partial charge in [-0.05, 0) is 24.6 Å². The molecule has 1 aromatic carbocycles. The molecule has 1 aliphatic heterocycles. The fourth-order valence-corrected chi connectivity index (χ4v) is 2.82. The Morgan fingerprint density at radius 2 is 1.63 bits per heavy atom. The fourth-order valence-electron chi connectivity index (χ4n) is 2.82. The minimum Gasteiger partial charge on any atom is -0.453 e. The molecule has 5 nitrogen and oxygen atoms in total. The summed E-state index contributed by atoms with van der Waals surface area (Å²) in [6, 6.07) is 12.6. The number of piperazine rings is 1. The summed E-state index contributed by atoms with van der Waals surface area (Å²) in [6.07, 6.45) is 1.66. The molecule has 1 fully saturated rings. The third-order valence-corrected chi connectivity index (χ3v) is 4.14. The Balaban J connectivity index is 0.000000855. The third kappa shape index (κ3) is 6.27. The van der Waals surface area contributed by atoms with E-state index in [0.717, 1.165) is 24.5 Å². The van der Waals surface area contributed by atoms with Crippen LogP contribution < -0.4 is 4.90 Å². The lowest BCUT2D eigenvalue weighted by molar-refractivity contribution is 0.121. The third-order valence-electron chi connectivity index (χ3n) is 4.14. The molecule has 0 atom stereocenters. The predicted octanol–water partition coefficient (Wildman–Crippen LogP) is 5.00. The van der Waals surface area contributed by atoms with E-state index in [1.165, 1.54) is 18.2 Å². The highest BCUT2D eigenvalue weighted by Crippen LogP contribution is 2.22. The largest absolute Gasteiger partial charge is 0.453 e. The highest BCUT2D eigenvalue weighted by Gasteiger charge is 2.22. The first-order chi connectivity index (χ1) is 13.2. The Bertz CT molecular complexity index is 678. The van der Waals surface area contributed by atoms with Crippen molar-refractivity contribution in [3.63, 3.8) is 0 Å². The number of amides is 1. The monoisotopic (exact) mass is 371 g/mol. The van der Waals surface area contributed by atoms with Crippen molar-refractivity contribution in [2.24, 2.45) is 0 Å². The molecular weight excluding hydrogens is 338 g/mol. The van der Waals surface area contributed by atoms with Gasteiger partial charge in [0, 0.05) is 37.9 Å². The van der Waals surface area contributed by atoms with Crippen LogP contribution in [0.5, 0.6) is 0 Å². The first-order valence-corrected chi connectivity index (χ1v) is 9.78. The molecule has 3 rings (SSSR count). The minimum atomic E-state index is -0.257. The Labute approximate surface area is 164 Å². The first-order valence-electron chi connectivity index (χ1n) is 9.78. The maximum Gasteiger partial charge on any atom is 0.409 e. The number of carbonyl (C=O) groups excluding carboxylic acids is 1. The molecule has 0 radical (unpaired) electrons. The Morgan fingerprint density at radius 1 is 0.963 bits per heavy atom. The van der Waals surface area contributed by atoms with Crippen LogP contribution in [0.1, 0.15) is 33.3 Å². The van der Waals surface area contributed by atoms with Crippen molar-refractivity contribution in [3.8, 4) is 11.1 Å². The number of rotatable bonds is 2. The van der Waals surface area contributed by atoms with Crippen molar-refractivity contribution in [2.45, 2.75) is 34.6 Å². The van der Waals surface area contributed by atoms with E-state index in [1.54, 1.807) is 4.90 Å². The Kier molecular flexibility index (Phi) is 9.94. The molecule has 0 saturated carbocycles. The molecule has 2 heterocycles. The van der Waals surface area contributed by atoms with Gasteiger partial charge in [-0.2, -0.15) is 0 Å². The van der Waals surface area contributed by atoms with E-state index in [1.807, 2.05) is 40.0 Å². The molecule has 0 aliphatic carbocycles. The van der Waals surface area contributed by atoms with E-state index >= 15 is 0 Å². The lowest BCUT2D eigenvalue weighted by Crippen LogP contribution is -2.49. The molecule has 1 aromatic heterocycles. The number of ether oxygens (including phenoxy) is 1. The van der Waals surface area contributed by atoms with Gasteiger partial charge in [-0.3, -0.25) is 0 Å². The number of carbonyl (C=O) groups is 1. The molecule has 5 heteroatoms. The van der Waals surface area contributed by atoms with E-state index < -0.39 is 0 Å². The van der Waals surface area contributed by atoms with Crippen LogP contribution in [0, 0.1) is 6.92 Å². The summed E-state index contributed by atoms with van der Waals surface area (Å²) in [7, 11) is 1.42. The molecule has 1 amide bonds. The zero-order valence-electron chi connectivity index (χ0n) is 17.5. The number of aromatic nitrogens is 1. The van der Waals surface area contributed by atoms with Gasteiger partial charge < -0.3 is 14.5 Å². The molecule has 0 N–H and O–H groups in total. The second-order valence-corrected chi connectivity index (χ2v) is 5.72. The number of pyridine rings is 1. The van der Waals surface area contributed by atoms with Gasteiger partial charge >= 0.3 is 6.09 Å². The molecule has 0 unspecified atom stereocenters. The van der Waals surface area contributed by atoms with Gasteiger partial charge in [0.2, 0.25) is 0 Å². The quantitative estimate of drug-likeness (QED) is 0.745. The second kappa shape index (κ2) is 11.9. The van der Waals surface area contributed by atoms with Crippen molar-refractivity contribution in [3.05, 3.63) is 48.2 Å². The Morgan fingerprint density at radius 3 is 2.15 bits per heavy atom. The van der Waals surface area contributed by atoms with Gasteiger partial charge in [-0.25, -0.2) is 9.78 Å². The van der Waals surface area contributed by atoms with Crippen LogP contribution in [0.3, 0.4) is 0 Å². The highest BCUT2D eigenvalue weighted by molar-refractivity contribution is 5.68. The topological polar surface area (TPSA) is 45.7 Å². The van der Waals surface area contributed by atoms with Gasteiger partial charge in [0.25, 0.3) is 0 Å². The number of hydrogen-bond acceptors (Lipinski definition) is 4. The number of benzene rings is 1. The van der Waals surface area contributed by atoms with E-state index in [4.69, 9.17) is 4.74 Å². The maximum absolute atomic E-state index is 11.5. The zero-order chi connectivity index (χ0) is 20.2. The van der Waals surface area contributed by atoms with Crippen molar-refractivity contribution in [2.75, 3.05) is 38.2 Å². The van der Waals surface area contributed by atoms with Crippen LogP contribution in [0.25, 0.3) is 11.1 Å². The normalized spacial score (nSPS) is 13.0. The summed E-state index contributed by atoms with van der Waals surface area (Å²) in [4.78, 5) is 20.0. The Hall–Kier alpha value is -2.56. The van der Waals surface area contributed by atoms with Gasteiger partial charge in [0.15, 0.2) is 0 Å². The summed E-state index contributed by atoms with van der Waals surface area (Å²) >= 11 is 0. The lowest BCUT2D eigenvalue weighted by atomic mass is 10.1. The van der Waals surface area contributed by atoms with Crippen LogP contribution in [0.4, 0.5) is 10.6 Å². The van der Waals surface area contributed by atoms with Crippen LogP contribution in [0.2, 0.25) is 0 Å². The minimum absolute atomic E-state index is 0.257. The predicted molar refractivity (Wildman–Crippen MR) is 113 cm³/mol. The SMILES string of the molecule is CC.CC.COC(=O)N1CCN(c2ccc(-c3cccc(C)c3)cn2)CC1. The van der Waals surface area contributed by atoms with E-state index in [0.29, 0.717) is 13.1 Å². The maximum atomic E-state index is 11.5. The number of aryl methyl sites for hydroxylation is 1. The smallest absolute Gasteiger partial charge is 0.409 e. The number of nitrogens with zero attached hydrogens (tertiary/aromatic N) is 3. The van der Waals surface area contributed by atoms with Crippen LogP contribution in [0.15, 0.2) is 42.6 Å². The number of anilines is 1. The van der Waals surface area contributed by atoms with Gasteiger partial charge in [-0.15, -0.1) is 0 Å². The van der Waals surface area contributed by atoms with E-state index in [9.17, 15) is 4.79 Å². The molecule has 0 bridgehead atoms. The van der Waals surface area contributed by atoms with Crippen LogP contribution >= 0.6 is 0 Å². The molecule has 1 saturated heterocycles. The fraction of sp³-hybridized carbons (Fsp3) is 0.455. The molecule has 0 spiro atoms. The first kappa shape index (κ1) is 22.5. The van der Waals surface area contributed by atoms with Crippen molar-refractivity contribution in [1.29, 1.82) is 0 Å². The standard InChI is InChI=1S/C18H21N3O2.2C2H6/c1-14-4-3-5-15(12-14)16-6-7-17(19-13-16)20-8-10-21(11-9-20)18(22)23-2;2*1-2/h3-7,12-13H,8-11H2,1-2H3;2*1-2H3. The highest BCUT2D eigenvalue weighted by atomic mass is 16.5. The molecule has 148 valence electrons. The van der Waals surface area contributed by atoms with Crippen LogP contribution in [-0.2, 0) is 4.74 Å². The summed E-state index contributed by atoms with van der Waals surface area (Å²) in [6.45, 7) is 13.0. The second-order valence-electron chi connectivity index (χ2n) is 5.72. The van der Waals surface area contributed by atoms with Crippen LogP contribution in [-0.4, -0.2) is 49.3 Å². The van der Waals surface area contributed by atoms with Gasteiger partial charge in [0.1, 0.15) is 5.82 Å². The van der Waals surface area contributed by atoms with E-state index in [2.05, 4.69) is 47.1 Å². The number of methoxy groups -OCH3 is 1. The average molecular weight is 372 g/mol. The zero-order valence-corrected chi connectivity index (χ0v) is 17.5. The summed E-state index contributed by atoms with van der Waals surface area (Å²) in [5, 5.41) is 0. The summed E-state index contributed by atoms with van der Waals surface area (Å²) in [5.74, 6) is 0.950. The van der Waals surface area contributed by atoms with E-state index in [-0.39, 0.29) is 6.09 Å². The van der Waals surface area contributed by atoms with Gasteiger partial charge in [0.05, 0.1) is 7.11 Å².